The maximum Gasteiger partial charge on any atom is 0.248 e. The van der Waals surface area contributed by atoms with Crippen LogP contribution in [0, 0.1) is 11.6 Å². The third kappa shape index (κ3) is 2.61. The zero-order valence-electron chi connectivity index (χ0n) is 12.8. The molecule has 1 aliphatic heterocycles. The molecule has 0 radical (unpaired) electrons. The van der Waals surface area contributed by atoms with Gasteiger partial charge in [0.25, 0.3) is 0 Å². The molecule has 0 saturated carbocycles. The molecular formula is C17H12F2N4O2. The van der Waals surface area contributed by atoms with Gasteiger partial charge < -0.3 is 5.32 Å². The zero-order valence-corrected chi connectivity index (χ0v) is 12.8. The van der Waals surface area contributed by atoms with E-state index in [2.05, 4.69) is 15.6 Å². The summed E-state index contributed by atoms with van der Waals surface area (Å²) >= 11 is 0. The number of hydrogen-bond acceptors (Lipinski definition) is 3. The van der Waals surface area contributed by atoms with E-state index in [0.29, 0.717) is 11.0 Å². The number of benzene rings is 2. The van der Waals surface area contributed by atoms with E-state index < -0.39 is 23.6 Å². The lowest BCUT2D eigenvalue weighted by molar-refractivity contribution is -0.124. The van der Waals surface area contributed by atoms with Gasteiger partial charge in [0.1, 0.15) is 6.04 Å². The Kier molecular flexibility index (Phi) is 3.45. The number of imidazole rings is 1. The molecule has 25 heavy (non-hydrogen) atoms. The minimum absolute atomic E-state index is 0.0805. The van der Waals surface area contributed by atoms with E-state index in [1.807, 2.05) is 0 Å². The second-order valence-corrected chi connectivity index (χ2v) is 5.68. The number of anilines is 2. The number of carbonyl (C=O) groups is 2. The Morgan fingerprint density at radius 2 is 2.00 bits per heavy atom. The SMILES string of the molecule is O=C1C[C@@H](C(=O)Nc2ccc(F)c(F)c2)n2c(nc3ccccc32)N1. The number of carbonyl (C=O) groups excluding carboxylic acids is 2. The molecule has 2 N–H and O–H groups in total. The van der Waals surface area contributed by atoms with Gasteiger partial charge in [-0.1, -0.05) is 12.1 Å². The van der Waals surface area contributed by atoms with Crippen LogP contribution in [0.4, 0.5) is 20.4 Å². The minimum atomic E-state index is -1.06. The fraction of sp³-hybridized carbons (Fsp3) is 0.118. The van der Waals surface area contributed by atoms with Gasteiger partial charge in [-0.05, 0) is 24.3 Å². The molecule has 1 aromatic heterocycles. The minimum Gasteiger partial charge on any atom is -0.324 e. The van der Waals surface area contributed by atoms with Gasteiger partial charge in [-0.2, -0.15) is 0 Å². The summed E-state index contributed by atoms with van der Waals surface area (Å²) in [6.07, 6.45) is -0.0805. The Labute approximate surface area is 140 Å². The van der Waals surface area contributed by atoms with Crippen LogP contribution < -0.4 is 10.6 Å². The monoisotopic (exact) mass is 342 g/mol. The second kappa shape index (κ2) is 5.66. The summed E-state index contributed by atoms with van der Waals surface area (Å²) in [5, 5.41) is 5.16. The van der Waals surface area contributed by atoms with Crippen molar-refractivity contribution in [2.45, 2.75) is 12.5 Å². The molecule has 1 atom stereocenters. The summed E-state index contributed by atoms with van der Waals surface area (Å²) in [7, 11) is 0. The molecule has 0 spiro atoms. The van der Waals surface area contributed by atoms with Crippen LogP contribution in [0.3, 0.4) is 0 Å². The topological polar surface area (TPSA) is 76.0 Å². The summed E-state index contributed by atoms with van der Waals surface area (Å²) in [5.74, 6) is -2.63. The van der Waals surface area contributed by atoms with Gasteiger partial charge in [-0.15, -0.1) is 0 Å². The fourth-order valence-corrected chi connectivity index (χ4v) is 2.90. The predicted octanol–water partition coefficient (Wildman–Crippen LogP) is 2.84. The molecule has 0 bridgehead atoms. The summed E-state index contributed by atoms with van der Waals surface area (Å²) in [6, 6.07) is 9.41. The number of nitrogens with zero attached hydrogens (tertiary/aromatic N) is 2. The van der Waals surface area contributed by atoms with E-state index >= 15 is 0 Å². The molecule has 1 aliphatic rings. The highest BCUT2D eigenvalue weighted by Crippen LogP contribution is 2.31. The smallest absolute Gasteiger partial charge is 0.248 e. The lowest BCUT2D eigenvalue weighted by Gasteiger charge is -2.25. The van der Waals surface area contributed by atoms with Gasteiger partial charge in [0.05, 0.1) is 17.5 Å². The molecule has 2 amide bonds. The first kappa shape index (κ1) is 15.3. The highest BCUT2D eigenvalue weighted by atomic mass is 19.2. The third-order valence-electron chi connectivity index (χ3n) is 4.03. The van der Waals surface area contributed by atoms with E-state index in [1.54, 1.807) is 28.8 Å². The Morgan fingerprint density at radius 1 is 1.20 bits per heavy atom. The van der Waals surface area contributed by atoms with Crippen LogP contribution in [0.25, 0.3) is 11.0 Å². The van der Waals surface area contributed by atoms with E-state index in [0.717, 1.165) is 12.1 Å². The van der Waals surface area contributed by atoms with Crippen molar-refractivity contribution in [1.82, 2.24) is 9.55 Å². The molecule has 0 aliphatic carbocycles. The predicted molar refractivity (Wildman–Crippen MR) is 87.0 cm³/mol. The van der Waals surface area contributed by atoms with Gasteiger partial charge >= 0.3 is 0 Å². The number of rotatable bonds is 2. The molecule has 2 heterocycles. The molecular weight excluding hydrogens is 330 g/mol. The number of para-hydroxylation sites is 2. The average molecular weight is 342 g/mol. The molecule has 126 valence electrons. The number of fused-ring (bicyclic) bond motifs is 3. The summed E-state index contributed by atoms with van der Waals surface area (Å²) in [6.45, 7) is 0. The Bertz CT molecular complexity index is 1020. The number of aromatic nitrogens is 2. The average Bonchev–Trinajstić information content (AvgIpc) is 2.95. The van der Waals surface area contributed by atoms with Crippen LogP contribution in [-0.2, 0) is 9.59 Å². The van der Waals surface area contributed by atoms with Crippen molar-refractivity contribution in [3.05, 3.63) is 54.1 Å². The summed E-state index contributed by atoms with van der Waals surface area (Å²) < 4.78 is 28.0. The Balaban J connectivity index is 1.71. The summed E-state index contributed by atoms with van der Waals surface area (Å²) in [4.78, 5) is 28.9. The van der Waals surface area contributed by atoms with Crippen molar-refractivity contribution in [3.63, 3.8) is 0 Å². The number of amides is 2. The maximum absolute atomic E-state index is 13.3. The number of hydrogen-bond donors (Lipinski definition) is 2. The van der Waals surface area contributed by atoms with Gasteiger partial charge in [0.2, 0.25) is 17.8 Å². The highest BCUT2D eigenvalue weighted by Gasteiger charge is 2.32. The van der Waals surface area contributed by atoms with E-state index in [1.165, 1.54) is 6.07 Å². The van der Waals surface area contributed by atoms with E-state index in [-0.39, 0.29) is 24.0 Å². The molecule has 0 fully saturated rings. The van der Waals surface area contributed by atoms with Crippen molar-refractivity contribution >= 4 is 34.5 Å². The Hall–Kier alpha value is -3.29. The van der Waals surface area contributed by atoms with Crippen molar-refractivity contribution in [3.8, 4) is 0 Å². The molecule has 8 heteroatoms. The maximum atomic E-state index is 13.3. The molecule has 0 unspecified atom stereocenters. The first-order valence-electron chi connectivity index (χ1n) is 7.55. The first-order valence-corrected chi connectivity index (χ1v) is 7.55. The molecule has 6 nitrogen and oxygen atoms in total. The standard InChI is InChI=1S/C17H12F2N4O2/c18-10-6-5-9(7-11(10)19)20-16(25)14-8-15(24)22-17-21-12-3-1-2-4-13(12)23(14)17/h1-7,14H,8H2,(H,20,25)(H,21,22,24)/t14-/m0/s1. The fourth-order valence-electron chi connectivity index (χ4n) is 2.90. The molecule has 4 rings (SSSR count). The van der Waals surface area contributed by atoms with Crippen LogP contribution in [0.5, 0.6) is 0 Å². The number of halogens is 2. The van der Waals surface area contributed by atoms with Crippen molar-refractivity contribution in [2.24, 2.45) is 0 Å². The van der Waals surface area contributed by atoms with Crippen LogP contribution in [0.2, 0.25) is 0 Å². The quantitative estimate of drug-likeness (QED) is 0.752. The van der Waals surface area contributed by atoms with E-state index in [4.69, 9.17) is 0 Å². The van der Waals surface area contributed by atoms with Gasteiger partial charge in [0, 0.05) is 11.8 Å². The second-order valence-electron chi connectivity index (χ2n) is 5.68. The van der Waals surface area contributed by atoms with Gasteiger partial charge in [-0.3, -0.25) is 19.5 Å². The largest absolute Gasteiger partial charge is 0.324 e. The van der Waals surface area contributed by atoms with Crippen molar-refractivity contribution in [1.29, 1.82) is 0 Å². The van der Waals surface area contributed by atoms with E-state index in [9.17, 15) is 18.4 Å². The molecule has 3 aromatic rings. The van der Waals surface area contributed by atoms with Crippen LogP contribution in [0.1, 0.15) is 12.5 Å². The lowest BCUT2D eigenvalue weighted by atomic mass is 10.1. The normalized spacial score (nSPS) is 16.4. The highest BCUT2D eigenvalue weighted by molar-refractivity contribution is 6.02. The van der Waals surface area contributed by atoms with Gasteiger partial charge in [-0.25, -0.2) is 13.8 Å². The van der Waals surface area contributed by atoms with Crippen molar-refractivity contribution in [2.75, 3.05) is 10.6 Å². The Morgan fingerprint density at radius 3 is 2.80 bits per heavy atom. The first-order chi connectivity index (χ1) is 12.0. The van der Waals surface area contributed by atoms with Crippen molar-refractivity contribution < 1.29 is 18.4 Å². The van der Waals surface area contributed by atoms with Gasteiger partial charge in [0.15, 0.2) is 11.6 Å². The van der Waals surface area contributed by atoms with Crippen LogP contribution in [0.15, 0.2) is 42.5 Å². The molecule has 2 aromatic carbocycles. The number of nitrogens with one attached hydrogen (secondary N) is 2. The lowest BCUT2D eigenvalue weighted by Crippen LogP contribution is -2.35. The van der Waals surface area contributed by atoms with Crippen LogP contribution >= 0.6 is 0 Å². The zero-order chi connectivity index (χ0) is 17.6. The summed E-state index contributed by atoms with van der Waals surface area (Å²) in [5.41, 5.74) is 1.45. The third-order valence-corrected chi connectivity index (χ3v) is 4.03. The molecule has 0 saturated heterocycles. The van der Waals surface area contributed by atoms with Crippen LogP contribution in [-0.4, -0.2) is 21.4 Å².